The first-order valence-electron chi connectivity index (χ1n) is 5.87. The van der Waals surface area contributed by atoms with Crippen molar-refractivity contribution in [2.75, 3.05) is 11.9 Å². The van der Waals surface area contributed by atoms with E-state index in [0.29, 0.717) is 0 Å². The fourth-order valence-electron chi connectivity index (χ4n) is 1.74. The van der Waals surface area contributed by atoms with Gasteiger partial charge in [0.05, 0.1) is 0 Å². The van der Waals surface area contributed by atoms with Gasteiger partial charge in [0.2, 0.25) is 0 Å². The minimum atomic E-state index is -4.53. The molecule has 0 fully saturated rings. The summed E-state index contributed by atoms with van der Waals surface area (Å²) < 4.78 is 39.8. The number of aromatic nitrogens is 3. The number of pyridine rings is 1. The summed E-state index contributed by atoms with van der Waals surface area (Å²) in [6.07, 6.45) is -0.805. The maximum atomic E-state index is 13.0. The van der Waals surface area contributed by atoms with Crippen LogP contribution in [-0.4, -0.2) is 38.6 Å². The van der Waals surface area contributed by atoms with Crippen molar-refractivity contribution in [2.45, 2.75) is 12.2 Å². The summed E-state index contributed by atoms with van der Waals surface area (Å²) >= 11 is 0. The highest BCUT2D eigenvalue weighted by Crippen LogP contribution is 2.30. The summed E-state index contributed by atoms with van der Waals surface area (Å²) in [5, 5.41) is 14.9. The summed E-state index contributed by atoms with van der Waals surface area (Å²) in [7, 11) is 0. The quantitative estimate of drug-likeness (QED) is 0.884. The molecule has 2 rings (SSSR count). The van der Waals surface area contributed by atoms with Gasteiger partial charge in [-0.2, -0.15) is 18.3 Å². The number of hydrogen-bond acceptors (Lipinski definition) is 4. The summed E-state index contributed by atoms with van der Waals surface area (Å²) in [6.45, 7) is -0.581. The summed E-state index contributed by atoms with van der Waals surface area (Å²) in [4.78, 5) is 14.7. The van der Waals surface area contributed by atoms with E-state index in [1.165, 1.54) is 36.8 Å². The molecule has 112 valence electrons. The molecular weight excluding hydrogens is 289 g/mol. The lowest BCUT2D eigenvalue weighted by atomic mass is 10.2. The van der Waals surface area contributed by atoms with Gasteiger partial charge in [-0.3, -0.25) is 4.68 Å². The zero-order valence-corrected chi connectivity index (χ0v) is 10.6. The van der Waals surface area contributed by atoms with Gasteiger partial charge < -0.3 is 10.4 Å². The minimum Gasteiger partial charge on any atom is -0.478 e. The van der Waals surface area contributed by atoms with Gasteiger partial charge in [-0.25, -0.2) is 9.78 Å². The number of alkyl halides is 3. The summed E-state index contributed by atoms with van der Waals surface area (Å²) in [5.41, 5.74) is -0.195. The van der Waals surface area contributed by atoms with Crippen LogP contribution in [0.1, 0.15) is 16.4 Å². The second-order valence-corrected chi connectivity index (χ2v) is 4.13. The van der Waals surface area contributed by atoms with E-state index in [4.69, 9.17) is 5.11 Å². The van der Waals surface area contributed by atoms with E-state index >= 15 is 0 Å². The summed E-state index contributed by atoms with van der Waals surface area (Å²) in [5.74, 6) is -1.39. The van der Waals surface area contributed by atoms with Crippen LogP contribution in [0.4, 0.5) is 19.0 Å². The molecule has 2 aromatic heterocycles. The number of carbonyl (C=O) groups is 1. The van der Waals surface area contributed by atoms with E-state index in [9.17, 15) is 18.0 Å². The molecule has 0 aliphatic heterocycles. The van der Waals surface area contributed by atoms with Gasteiger partial charge in [0.15, 0.2) is 6.04 Å². The normalized spacial score (nSPS) is 12.9. The molecule has 6 nitrogen and oxygen atoms in total. The van der Waals surface area contributed by atoms with E-state index in [2.05, 4.69) is 15.4 Å². The van der Waals surface area contributed by atoms with Crippen LogP contribution < -0.4 is 5.32 Å². The van der Waals surface area contributed by atoms with Crippen molar-refractivity contribution >= 4 is 11.8 Å². The van der Waals surface area contributed by atoms with Crippen molar-refractivity contribution in [3.63, 3.8) is 0 Å². The molecule has 1 unspecified atom stereocenters. The van der Waals surface area contributed by atoms with Crippen LogP contribution in [0.15, 0.2) is 36.8 Å². The van der Waals surface area contributed by atoms with E-state index in [0.717, 1.165) is 4.68 Å². The molecule has 0 aromatic carbocycles. The molecule has 0 aliphatic carbocycles. The molecule has 2 aromatic rings. The molecule has 9 heteroatoms. The lowest BCUT2D eigenvalue weighted by Crippen LogP contribution is -2.33. The SMILES string of the molecule is O=C(O)c1cccnc1NCC(n1cccn1)C(F)(F)F. The summed E-state index contributed by atoms with van der Waals surface area (Å²) in [6, 6.07) is 2.11. The average molecular weight is 300 g/mol. The Kier molecular flexibility index (Phi) is 4.10. The van der Waals surface area contributed by atoms with Crippen LogP contribution >= 0.6 is 0 Å². The number of nitrogens with one attached hydrogen (secondary N) is 1. The Morgan fingerprint density at radius 3 is 2.71 bits per heavy atom. The number of nitrogens with zero attached hydrogens (tertiary/aromatic N) is 3. The van der Waals surface area contributed by atoms with Gasteiger partial charge >= 0.3 is 12.1 Å². The Morgan fingerprint density at radius 1 is 1.38 bits per heavy atom. The molecule has 0 bridgehead atoms. The van der Waals surface area contributed by atoms with Crippen molar-refractivity contribution in [1.29, 1.82) is 0 Å². The lowest BCUT2D eigenvalue weighted by Gasteiger charge is -2.21. The maximum Gasteiger partial charge on any atom is 0.412 e. The Hall–Kier alpha value is -2.58. The third kappa shape index (κ3) is 3.50. The number of anilines is 1. The molecule has 2 heterocycles. The van der Waals surface area contributed by atoms with Crippen LogP contribution in [-0.2, 0) is 0 Å². The number of carboxylic acids is 1. The Bertz CT molecular complexity index is 613. The van der Waals surface area contributed by atoms with Crippen molar-refractivity contribution in [2.24, 2.45) is 0 Å². The topological polar surface area (TPSA) is 80.0 Å². The molecule has 0 amide bonds. The number of halogens is 3. The molecule has 2 N–H and O–H groups in total. The van der Waals surface area contributed by atoms with Gasteiger partial charge in [-0.15, -0.1) is 0 Å². The van der Waals surface area contributed by atoms with Crippen LogP contribution in [0.5, 0.6) is 0 Å². The fourth-order valence-corrected chi connectivity index (χ4v) is 1.74. The first-order chi connectivity index (χ1) is 9.89. The monoisotopic (exact) mass is 300 g/mol. The molecule has 21 heavy (non-hydrogen) atoms. The van der Waals surface area contributed by atoms with E-state index in [-0.39, 0.29) is 11.4 Å². The van der Waals surface area contributed by atoms with E-state index in [1.54, 1.807) is 0 Å². The predicted molar refractivity (Wildman–Crippen MR) is 67.0 cm³/mol. The number of carboxylic acid groups (broad SMARTS) is 1. The Morgan fingerprint density at radius 2 is 2.14 bits per heavy atom. The zero-order chi connectivity index (χ0) is 15.5. The van der Waals surface area contributed by atoms with Crippen LogP contribution in [0.2, 0.25) is 0 Å². The van der Waals surface area contributed by atoms with Gasteiger partial charge in [0, 0.05) is 25.1 Å². The highest BCUT2D eigenvalue weighted by molar-refractivity contribution is 5.92. The largest absolute Gasteiger partial charge is 0.478 e. The molecule has 0 aliphatic rings. The smallest absolute Gasteiger partial charge is 0.412 e. The van der Waals surface area contributed by atoms with Crippen molar-refractivity contribution in [3.8, 4) is 0 Å². The lowest BCUT2D eigenvalue weighted by molar-refractivity contribution is -0.166. The third-order valence-electron chi connectivity index (χ3n) is 2.72. The zero-order valence-electron chi connectivity index (χ0n) is 10.6. The Labute approximate surface area is 117 Å². The van der Waals surface area contributed by atoms with Crippen molar-refractivity contribution < 1.29 is 23.1 Å². The first-order valence-corrected chi connectivity index (χ1v) is 5.87. The molecule has 1 atom stereocenters. The van der Waals surface area contributed by atoms with Gasteiger partial charge in [0.25, 0.3) is 0 Å². The van der Waals surface area contributed by atoms with Crippen LogP contribution in [0.3, 0.4) is 0 Å². The minimum absolute atomic E-state index is 0.119. The van der Waals surface area contributed by atoms with Crippen LogP contribution in [0, 0.1) is 0 Å². The molecule has 0 saturated heterocycles. The highest BCUT2D eigenvalue weighted by Gasteiger charge is 2.41. The van der Waals surface area contributed by atoms with Crippen molar-refractivity contribution in [3.05, 3.63) is 42.4 Å². The Balaban J connectivity index is 2.19. The second-order valence-electron chi connectivity index (χ2n) is 4.13. The van der Waals surface area contributed by atoms with E-state index in [1.807, 2.05) is 0 Å². The van der Waals surface area contributed by atoms with Gasteiger partial charge in [0.1, 0.15) is 11.4 Å². The number of rotatable bonds is 5. The molecule has 0 spiro atoms. The standard InChI is InChI=1S/C12H11F3N4O2/c13-12(14,15)9(19-6-2-5-18-19)7-17-10-8(11(20)21)3-1-4-16-10/h1-6,9H,7H2,(H,16,17)(H,20,21). The number of hydrogen-bond donors (Lipinski definition) is 2. The van der Waals surface area contributed by atoms with Gasteiger partial charge in [-0.05, 0) is 18.2 Å². The number of aromatic carboxylic acids is 1. The molecule has 0 saturated carbocycles. The maximum absolute atomic E-state index is 13.0. The average Bonchev–Trinajstić information content (AvgIpc) is 2.91. The molecular formula is C12H11F3N4O2. The molecule has 0 radical (unpaired) electrons. The predicted octanol–water partition coefficient (Wildman–Crippen LogP) is 2.19. The van der Waals surface area contributed by atoms with E-state index < -0.39 is 24.7 Å². The highest BCUT2D eigenvalue weighted by atomic mass is 19.4. The van der Waals surface area contributed by atoms with Crippen LogP contribution in [0.25, 0.3) is 0 Å². The van der Waals surface area contributed by atoms with Crippen molar-refractivity contribution in [1.82, 2.24) is 14.8 Å². The third-order valence-corrected chi connectivity index (χ3v) is 2.72. The first kappa shape index (κ1) is 14.8. The van der Waals surface area contributed by atoms with Gasteiger partial charge in [-0.1, -0.05) is 0 Å². The fraction of sp³-hybridized carbons (Fsp3) is 0.250. The second kappa shape index (κ2) is 5.81.